The highest BCUT2D eigenvalue weighted by Crippen LogP contribution is 2.13. The molecule has 1 unspecified atom stereocenters. The fraction of sp³-hybridized carbons (Fsp3) is 0.641. The summed E-state index contributed by atoms with van der Waals surface area (Å²) in [4.78, 5) is 38.1. The van der Waals surface area contributed by atoms with E-state index in [1.807, 2.05) is 0 Å². The summed E-state index contributed by atoms with van der Waals surface area (Å²) in [7, 11) is 0. The van der Waals surface area contributed by atoms with Crippen molar-refractivity contribution < 1.29 is 28.6 Å². The molecule has 0 radical (unpaired) electrons. The molecule has 0 heterocycles. The van der Waals surface area contributed by atoms with Crippen molar-refractivity contribution >= 4 is 17.9 Å². The molecule has 0 spiro atoms. The highest BCUT2D eigenvalue weighted by molar-refractivity contribution is 5.71. The van der Waals surface area contributed by atoms with Gasteiger partial charge in [0.15, 0.2) is 6.10 Å². The van der Waals surface area contributed by atoms with Crippen molar-refractivity contribution in [3.63, 3.8) is 0 Å². The van der Waals surface area contributed by atoms with Crippen LogP contribution in [0, 0.1) is 0 Å². The second-order valence-corrected chi connectivity index (χ2v) is 18.5. The van der Waals surface area contributed by atoms with Gasteiger partial charge < -0.3 is 14.2 Å². The summed E-state index contributed by atoms with van der Waals surface area (Å²) in [6, 6.07) is 0. The van der Waals surface area contributed by atoms with Crippen molar-refractivity contribution in [3.8, 4) is 0 Å². The maximum Gasteiger partial charge on any atom is 0.306 e. The molecule has 0 saturated heterocycles. The molecule has 70 heavy (non-hydrogen) atoms. The van der Waals surface area contributed by atoms with E-state index in [-0.39, 0.29) is 37.5 Å². The minimum absolute atomic E-state index is 0.109. The Labute approximate surface area is 431 Å². The SMILES string of the molecule is CC/C=C\C/C=C\C/C=C\C/C=C\C/C=C\C/C=C\C/C=C\CCCC(=O)OCC(COC(=O)CCCCCCC/C=C\C/C=C\CCCC)OC(=O)CCCCCCC/C=C\CCCCCCCC. The number of esters is 3. The zero-order valence-electron chi connectivity index (χ0n) is 45.2. The lowest BCUT2D eigenvalue weighted by Crippen LogP contribution is -2.30. The zero-order chi connectivity index (χ0) is 50.7. The van der Waals surface area contributed by atoms with Crippen molar-refractivity contribution in [1.82, 2.24) is 0 Å². The molecule has 6 heteroatoms. The van der Waals surface area contributed by atoms with Gasteiger partial charge in [-0.25, -0.2) is 0 Å². The quantitative estimate of drug-likeness (QED) is 0.0262. The average molecular weight is 970 g/mol. The Hall–Kier alpha value is -4.19. The van der Waals surface area contributed by atoms with Crippen LogP contribution in [0.15, 0.2) is 122 Å². The van der Waals surface area contributed by atoms with Gasteiger partial charge >= 0.3 is 17.9 Å². The van der Waals surface area contributed by atoms with Crippen LogP contribution in [0.1, 0.15) is 245 Å². The van der Waals surface area contributed by atoms with Crippen molar-refractivity contribution in [1.29, 1.82) is 0 Å². The van der Waals surface area contributed by atoms with E-state index in [0.717, 1.165) is 128 Å². The summed E-state index contributed by atoms with van der Waals surface area (Å²) in [6.45, 7) is 6.41. The van der Waals surface area contributed by atoms with Crippen molar-refractivity contribution in [3.05, 3.63) is 122 Å². The third kappa shape index (κ3) is 54.7. The Morgan fingerprint density at radius 1 is 0.300 bits per heavy atom. The number of allylic oxidation sites excluding steroid dienone is 20. The van der Waals surface area contributed by atoms with Crippen LogP contribution in [0.3, 0.4) is 0 Å². The maximum absolute atomic E-state index is 12.8. The number of hydrogen-bond donors (Lipinski definition) is 0. The molecule has 396 valence electrons. The first-order valence-corrected chi connectivity index (χ1v) is 28.5. The molecular weight excluding hydrogens is 865 g/mol. The summed E-state index contributed by atoms with van der Waals surface area (Å²) >= 11 is 0. The third-order valence-electron chi connectivity index (χ3n) is 11.7. The molecule has 0 rings (SSSR count). The van der Waals surface area contributed by atoms with Crippen molar-refractivity contribution in [2.75, 3.05) is 13.2 Å². The fourth-order valence-electron chi connectivity index (χ4n) is 7.38. The molecule has 0 amide bonds. The first-order chi connectivity index (χ1) is 34.5. The molecule has 6 nitrogen and oxygen atoms in total. The highest BCUT2D eigenvalue weighted by atomic mass is 16.6. The smallest absolute Gasteiger partial charge is 0.306 e. The summed E-state index contributed by atoms with van der Waals surface area (Å²) in [5.74, 6) is -0.995. The van der Waals surface area contributed by atoms with E-state index in [1.54, 1.807) is 0 Å². The monoisotopic (exact) mass is 969 g/mol. The number of unbranched alkanes of at least 4 members (excludes halogenated alkanes) is 19. The molecule has 0 aliphatic carbocycles. The van der Waals surface area contributed by atoms with Crippen LogP contribution in [0.4, 0.5) is 0 Å². The Balaban J connectivity index is 4.51. The second-order valence-electron chi connectivity index (χ2n) is 18.5. The highest BCUT2D eigenvalue weighted by Gasteiger charge is 2.19. The lowest BCUT2D eigenvalue weighted by molar-refractivity contribution is -0.167. The van der Waals surface area contributed by atoms with E-state index in [2.05, 4.69) is 142 Å². The number of hydrogen-bond acceptors (Lipinski definition) is 6. The standard InChI is InChI=1S/C64H104O6/c1-4-7-10-13-16-19-22-25-28-29-30-31-32-33-34-35-37-39-42-45-48-51-54-57-63(66)69-60-61(59-68-62(65)56-53-50-47-44-41-38-27-24-21-18-15-12-9-6-3)70-64(67)58-55-52-49-46-43-40-36-26-23-20-17-14-11-8-5-2/h7,10,15-16,18-19,24-28,30-31,33-34,36-37,39,45,48,61H,4-6,8-9,11-14,17,20-23,29,32,35,38,40-44,46-47,49-60H2,1-3H3/b10-7-,18-15-,19-16-,27-24-,28-25-,31-30-,34-33-,36-26-,39-37-,48-45-. The molecule has 0 aromatic heterocycles. The summed E-state index contributed by atoms with van der Waals surface area (Å²) in [5.41, 5.74) is 0. The second kappa shape index (κ2) is 57.4. The molecule has 0 aliphatic rings. The van der Waals surface area contributed by atoms with Gasteiger partial charge in [-0.15, -0.1) is 0 Å². The van der Waals surface area contributed by atoms with Gasteiger partial charge in [0.2, 0.25) is 0 Å². The number of rotatable bonds is 50. The molecule has 0 N–H and O–H groups in total. The predicted molar refractivity (Wildman–Crippen MR) is 302 cm³/mol. The van der Waals surface area contributed by atoms with Crippen molar-refractivity contribution in [2.24, 2.45) is 0 Å². The molecular formula is C64H104O6. The van der Waals surface area contributed by atoms with Gasteiger partial charge in [-0.2, -0.15) is 0 Å². The molecule has 0 aromatic carbocycles. The normalized spacial score (nSPS) is 13.0. The van der Waals surface area contributed by atoms with Crippen LogP contribution in [-0.2, 0) is 28.6 Å². The summed E-state index contributed by atoms with van der Waals surface area (Å²) in [5, 5.41) is 0. The van der Waals surface area contributed by atoms with Gasteiger partial charge in [0.25, 0.3) is 0 Å². The largest absolute Gasteiger partial charge is 0.462 e. The van der Waals surface area contributed by atoms with E-state index in [0.29, 0.717) is 19.3 Å². The van der Waals surface area contributed by atoms with E-state index in [1.165, 1.54) is 70.6 Å². The minimum atomic E-state index is -0.815. The van der Waals surface area contributed by atoms with Gasteiger partial charge in [0.05, 0.1) is 0 Å². The Bertz CT molecular complexity index is 1490. The first-order valence-electron chi connectivity index (χ1n) is 28.5. The first kappa shape index (κ1) is 65.8. The molecule has 1 atom stereocenters. The van der Waals surface area contributed by atoms with E-state index in [4.69, 9.17) is 14.2 Å². The Morgan fingerprint density at radius 2 is 0.586 bits per heavy atom. The third-order valence-corrected chi connectivity index (χ3v) is 11.7. The van der Waals surface area contributed by atoms with Crippen molar-refractivity contribution in [2.45, 2.75) is 252 Å². The molecule has 0 aromatic rings. The van der Waals surface area contributed by atoms with Gasteiger partial charge in [-0.3, -0.25) is 14.4 Å². The number of carbonyl (C=O) groups excluding carboxylic acids is 3. The van der Waals surface area contributed by atoms with Crippen LogP contribution in [0.25, 0.3) is 0 Å². The topological polar surface area (TPSA) is 78.9 Å². The molecule has 0 saturated carbocycles. The van der Waals surface area contributed by atoms with Crippen LogP contribution >= 0.6 is 0 Å². The van der Waals surface area contributed by atoms with Gasteiger partial charge in [-0.1, -0.05) is 226 Å². The van der Waals surface area contributed by atoms with E-state index < -0.39 is 6.10 Å². The predicted octanol–water partition coefficient (Wildman–Crippen LogP) is 19.3. The number of ether oxygens (including phenoxy) is 3. The van der Waals surface area contributed by atoms with Gasteiger partial charge in [0.1, 0.15) is 13.2 Å². The van der Waals surface area contributed by atoms with Gasteiger partial charge in [-0.05, 0) is 122 Å². The maximum atomic E-state index is 12.8. The Kier molecular flexibility index (Phi) is 54.0. The van der Waals surface area contributed by atoms with Crippen LogP contribution in [-0.4, -0.2) is 37.2 Å². The van der Waals surface area contributed by atoms with Crippen LogP contribution in [0.2, 0.25) is 0 Å². The zero-order valence-corrected chi connectivity index (χ0v) is 45.2. The van der Waals surface area contributed by atoms with Gasteiger partial charge in [0, 0.05) is 19.3 Å². The lowest BCUT2D eigenvalue weighted by atomic mass is 10.1. The number of carbonyl (C=O) groups is 3. The Morgan fingerprint density at radius 3 is 0.986 bits per heavy atom. The molecule has 0 bridgehead atoms. The lowest BCUT2D eigenvalue weighted by Gasteiger charge is -2.18. The minimum Gasteiger partial charge on any atom is -0.462 e. The summed E-state index contributed by atoms with van der Waals surface area (Å²) in [6.07, 6.45) is 79.0. The van der Waals surface area contributed by atoms with Crippen LogP contribution in [0.5, 0.6) is 0 Å². The molecule has 0 aliphatic heterocycles. The summed E-state index contributed by atoms with van der Waals surface area (Å²) < 4.78 is 16.8. The average Bonchev–Trinajstić information content (AvgIpc) is 3.36. The fourth-order valence-corrected chi connectivity index (χ4v) is 7.38. The van der Waals surface area contributed by atoms with E-state index >= 15 is 0 Å². The van der Waals surface area contributed by atoms with Crippen LogP contribution < -0.4 is 0 Å². The molecule has 0 fully saturated rings. The van der Waals surface area contributed by atoms with E-state index in [9.17, 15) is 14.4 Å².